The molecule has 3 heterocycles. The van der Waals surface area contributed by atoms with Crippen LogP contribution in [0.2, 0.25) is 0 Å². The second kappa shape index (κ2) is 7.14. The van der Waals surface area contributed by atoms with Gasteiger partial charge < -0.3 is 15.5 Å². The van der Waals surface area contributed by atoms with Crippen molar-refractivity contribution >= 4 is 17.2 Å². The van der Waals surface area contributed by atoms with Crippen LogP contribution in [0.15, 0.2) is 30.6 Å². The molecule has 28 heavy (non-hydrogen) atoms. The number of rotatable bonds is 3. The first-order chi connectivity index (χ1) is 13.5. The molecule has 3 aromatic rings. The van der Waals surface area contributed by atoms with Crippen LogP contribution in [-0.2, 0) is 0 Å². The second-order valence-electron chi connectivity index (χ2n) is 7.47. The van der Waals surface area contributed by atoms with E-state index in [4.69, 9.17) is 5.73 Å². The third-order valence-electron chi connectivity index (χ3n) is 5.55. The van der Waals surface area contributed by atoms with E-state index in [0.717, 1.165) is 43.4 Å². The van der Waals surface area contributed by atoms with Crippen LogP contribution in [0.25, 0.3) is 5.82 Å². The lowest BCUT2D eigenvalue weighted by Crippen LogP contribution is -2.47. The highest BCUT2D eigenvalue weighted by Crippen LogP contribution is 2.29. The SMILES string of the molecule is Cc1cc(C)n(-c2ncnc(N3CCN(c4cccc(C)c4C)CC3)c2N)n1. The Morgan fingerprint density at radius 2 is 1.57 bits per heavy atom. The van der Waals surface area contributed by atoms with Crippen LogP contribution >= 0.6 is 0 Å². The van der Waals surface area contributed by atoms with Gasteiger partial charge >= 0.3 is 0 Å². The monoisotopic (exact) mass is 377 g/mol. The first-order valence-corrected chi connectivity index (χ1v) is 9.66. The van der Waals surface area contributed by atoms with E-state index in [0.29, 0.717) is 11.5 Å². The number of aromatic nitrogens is 4. The molecule has 1 aromatic carbocycles. The lowest BCUT2D eigenvalue weighted by molar-refractivity contribution is 0.645. The van der Waals surface area contributed by atoms with Crippen LogP contribution in [0.4, 0.5) is 17.2 Å². The van der Waals surface area contributed by atoms with E-state index in [9.17, 15) is 0 Å². The molecule has 0 amide bonds. The Morgan fingerprint density at radius 1 is 0.893 bits per heavy atom. The molecule has 1 fully saturated rings. The maximum absolute atomic E-state index is 6.47. The van der Waals surface area contributed by atoms with Crippen molar-refractivity contribution in [3.05, 3.63) is 53.1 Å². The summed E-state index contributed by atoms with van der Waals surface area (Å²) < 4.78 is 1.79. The van der Waals surface area contributed by atoms with Gasteiger partial charge in [0.2, 0.25) is 0 Å². The molecule has 1 aliphatic heterocycles. The molecule has 7 heteroatoms. The van der Waals surface area contributed by atoms with Crippen molar-refractivity contribution in [2.24, 2.45) is 0 Å². The third kappa shape index (κ3) is 3.17. The minimum Gasteiger partial charge on any atom is -0.393 e. The quantitative estimate of drug-likeness (QED) is 0.756. The summed E-state index contributed by atoms with van der Waals surface area (Å²) in [5.74, 6) is 1.44. The van der Waals surface area contributed by atoms with E-state index < -0.39 is 0 Å². The lowest BCUT2D eigenvalue weighted by atomic mass is 10.1. The standard InChI is InChI=1S/C21H27N7/c1-14-6-5-7-18(17(14)4)26-8-10-27(11-9-26)20-19(22)21(24-13-23-20)28-16(3)12-15(2)25-28/h5-7,12-13H,8-11,22H2,1-4H3. The largest absolute Gasteiger partial charge is 0.393 e. The van der Waals surface area contributed by atoms with Gasteiger partial charge in [-0.15, -0.1) is 0 Å². The van der Waals surface area contributed by atoms with Gasteiger partial charge in [0, 0.05) is 37.6 Å². The van der Waals surface area contributed by atoms with Gasteiger partial charge in [-0.2, -0.15) is 5.10 Å². The summed E-state index contributed by atoms with van der Waals surface area (Å²) in [5.41, 5.74) is 13.0. The summed E-state index contributed by atoms with van der Waals surface area (Å²) >= 11 is 0. The van der Waals surface area contributed by atoms with Gasteiger partial charge in [0.1, 0.15) is 12.0 Å². The van der Waals surface area contributed by atoms with Crippen LogP contribution in [-0.4, -0.2) is 45.9 Å². The summed E-state index contributed by atoms with van der Waals surface area (Å²) in [4.78, 5) is 13.6. The zero-order valence-electron chi connectivity index (χ0n) is 17.0. The molecular formula is C21H27N7. The third-order valence-corrected chi connectivity index (χ3v) is 5.55. The van der Waals surface area contributed by atoms with Crippen molar-refractivity contribution < 1.29 is 0 Å². The average molecular weight is 377 g/mol. The maximum atomic E-state index is 6.47. The average Bonchev–Trinajstić information content (AvgIpc) is 3.02. The molecule has 0 unspecified atom stereocenters. The molecule has 0 aliphatic carbocycles. The number of aryl methyl sites for hydroxylation is 3. The Kier molecular flexibility index (Phi) is 4.66. The number of hydrogen-bond donors (Lipinski definition) is 1. The predicted molar refractivity (Wildman–Crippen MR) is 113 cm³/mol. The van der Waals surface area contributed by atoms with Crippen LogP contribution in [0.1, 0.15) is 22.5 Å². The zero-order chi connectivity index (χ0) is 19.8. The van der Waals surface area contributed by atoms with Crippen molar-refractivity contribution in [2.75, 3.05) is 41.7 Å². The molecular weight excluding hydrogens is 350 g/mol. The van der Waals surface area contributed by atoms with Crippen molar-refractivity contribution in [1.82, 2.24) is 19.7 Å². The van der Waals surface area contributed by atoms with Crippen LogP contribution in [0, 0.1) is 27.7 Å². The predicted octanol–water partition coefficient (Wildman–Crippen LogP) is 2.80. The highest BCUT2D eigenvalue weighted by Gasteiger charge is 2.23. The van der Waals surface area contributed by atoms with Gasteiger partial charge in [-0.3, -0.25) is 0 Å². The summed E-state index contributed by atoms with van der Waals surface area (Å²) in [6, 6.07) is 8.52. The van der Waals surface area contributed by atoms with Crippen LogP contribution in [0.3, 0.4) is 0 Å². The van der Waals surface area contributed by atoms with Crippen molar-refractivity contribution in [3.8, 4) is 5.82 Å². The molecule has 0 saturated carbocycles. The fourth-order valence-corrected chi connectivity index (χ4v) is 3.88. The van der Waals surface area contributed by atoms with E-state index >= 15 is 0 Å². The summed E-state index contributed by atoms with van der Waals surface area (Å²) in [7, 11) is 0. The summed E-state index contributed by atoms with van der Waals surface area (Å²) in [6.07, 6.45) is 1.58. The molecule has 0 radical (unpaired) electrons. The van der Waals surface area contributed by atoms with E-state index in [1.54, 1.807) is 11.0 Å². The fourth-order valence-electron chi connectivity index (χ4n) is 3.88. The van der Waals surface area contributed by atoms with Crippen molar-refractivity contribution in [3.63, 3.8) is 0 Å². The van der Waals surface area contributed by atoms with Gasteiger partial charge in [0.15, 0.2) is 11.6 Å². The molecule has 7 nitrogen and oxygen atoms in total. The molecule has 1 aliphatic rings. The Hall–Kier alpha value is -3.09. The van der Waals surface area contributed by atoms with Crippen LogP contribution < -0.4 is 15.5 Å². The van der Waals surface area contributed by atoms with Crippen LogP contribution in [0.5, 0.6) is 0 Å². The highest BCUT2D eigenvalue weighted by molar-refractivity contribution is 5.71. The molecule has 1 saturated heterocycles. The van der Waals surface area contributed by atoms with Crippen molar-refractivity contribution in [2.45, 2.75) is 27.7 Å². The number of piperazine rings is 1. The van der Waals surface area contributed by atoms with Gasteiger partial charge in [0.25, 0.3) is 0 Å². The Morgan fingerprint density at radius 3 is 2.25 bits per heavy atom. The number of benzene rings is 1. The number of hydrogen-bond acceptors (Lipinski definition) is 6. The fraction of sp³-hybridized carbons (Fsp3) is 0.381. The Labute approximate surface area is 165 Å². The zero-order valence-corrected chi connectivity index (χ0v) is 17.0. The number of nitrogen functional groups attached to an aromatic ring is 1. The Balaban J connectivity index is 1.56. The molecule has 4 rings (SSSR count). The van der Waals surface area contributed by atoms with Gasteiger partial charge in [-0.1, -0.05) is 12.1 Å². The number of anilines is 3. The van der Waals surface area contributed by atoms with Gasteiger partial charge in [0.05, 0.1) is 5.69 Å². The maximum Gasteiger partial charge on any atom is 0.182 e. The topological polar surface area (TPSA) is 76.1 Å². The molecule has 146 valence electrons. The minimum absolute atomic E-state index is 0.578. The highest BCUT2D eigenvalue weighted by atomic mass is 15.3. The molecule has 2 N–H and O–H groups in total. The smallest absolute Gasteiger partial charge is 0.182 e. The Bertz CT molecular complexity index is 1000. The number of nitrogens with zero attached hydrogens (tertiary/aromatic N) is 6. The first-order valence-electron chi connectivity index (χ1n) is 9.66. The minimum atomic E-state index is 0.578. The van der Waals surface area contributed by atoms with E-state index in [1.807, 2.05) is 19.9 Å². The van der Waals surface area contributed by atoms with Crippen molar-refractivity contribution in [1.29, 1.82) is 0 Å². The van der Waals surface area contributed by atoms with Gasteiger partial charge in [-0.05, 0) is 51.0 Å². The normalized spacial score (nSPS) is 14.6. The summed E-state index contributed by atoms with van der Waals surface area (Å²) in [5, 5.41) is 4.52. The molecule has 2 aromatic heterocycles. The summed E-state index contributed by atoms with van der Waals surface area (Å²) in [6.45, 7) is 11.9. The van der Waals surface area contributed by atoms with E-state index in [1.165, 1.54) is 16.8 Å². The second-order valence-corrected chi connectivity index (χ2v) is 7.47. The number of nitrogens with two attached hydrogens (primary N) is 1. The van der Waals surface area contributed by atoms with E-state index in [-0.39, 0.29) is 0 Å². The molecule has 0 bridgehead atoms. The van der Waals surface area contributed by atoms with E-state index in [2.05, 4.69) is 56.9 Å². The lowest BCUT2D eigenvalue weighted by Gasteiger charge is -2.38. The molecule has 0 atom stereocenters. The molecule has 0 spiro atoms. The first kappa shape index (κ1) is 18.3. The van der Waals surface area contributed by atoms with Gasteiger partial charge in [-0.25, -0.2) is 14.6 Å².